The predicted molar refractivity (Wildman–Crippen MR) is 189 cm³/mol. The Morgan fingerprint density at radius 3 is 2.60 bits per heavy atom. The normalized spacial score (nSPS) is 17.1. The molecule has 50 heavy (non-hydrogen) atoms. The minimum absolute atomic E-state index is 0.0392. The highest BCUT2D eigenvalue weighted by Gasteiger charge is 2.42. The van der Waals surface area contributed by atoms with Gasteiger partial charge in [-0.2, -0.15) is 5.10 Å². The van der Waals surface area contributed by atoms with Crippen molar-refractivity contribution in [2.75, 3.05) is 43.1 Å². The maximum absolute atomic E-state index is 14.6. The molecule has 3 atom stereocenters. The molecule has 0 bridgehead atoms. The van der Waals surface area contributed by atoms with E-state index in [4.69, 9.17) is 9.47 Å². The average Bonchev–Trinajstić information content (AvgIpc) is 3.53. The van der Waals surface area contributed by atoms with Crippen LogP contribution in [-0.4, -0.2) is 70.1 Å². The van der Waals surface area contributed by atoms with Crippen LogP contribution >= 0.6 is 0 Å². The van der Waals surface area contributed by atoms with Gasteiger partial charge in [0.2, 0.25) is 0 Å². The summed E-state index contributed by atoms with van der Waals surface area (Å²) in [7, 11) is 1.82. The summed E-state index contributed by atoms with van der Waals surface area (Å²) in [5.74, 6) is 0.383. The number of aliphatic imine (C=N–C) groups is 1. The van der Waals surface area contributed by atoms with E-state index in [1.807, 2.05) is 43.4 Å². The van der Waals surface area contributed by atoms with Crippen molar-refractivity contribution in [2.45, 2.75) is 58.0 Å². The maximum Gasteiger partial charge on any atom is 0.272 e. The zero-order valence-electron chi connectivity index (χ0n) is 28.8. The van der Waals surface area contributed by atoms with Crippen LogP contribution in [0.15, 0.2) is 65.9 Å². The van der Waals surface area contributed by atoms with Crippen LogP contribution in [0.25, 0.3) is 0 Å². The molecule has 0 fully saturated rings. The highest BCUT2D eigenvalue weighted by Crippen LogP contribution is 2.45. The number of aryl methyl sites for hydroxylation is 2. The summed E-state index contributed by atoms with van der Waals surface area (Å²) in [5.41, 5.74) is 4.86. The molecule has 1 N–H and O–H groups in total. The summed E-state index contributed by atoms with van der Waals surface area (Å²) >= 11 is 0. The number of aromatic nitrogens is 3. The Bertz CT molecular complexity index is 1890. The van der Waals surface area contributed by atoms with Crippen LogP contribution < -0.4 is 15.0 Å². The molecule has 0 radical (unpaired) electrons. The Morgan fingerprint density at radius 2 is 1.90 bits per heavy atom. The summed E-state index contributed by atoms with van der Waals surface area (Å²) in [6.07, 6.45) is 4.10. The molecular formula is C37H42FN7O5. The second kappa shape index (κ2) is 15.2. The fraction of sp³-hybridized carbons (Fsp3) is 0.405. The number of hydrogen-bond donors (Lipinski definition) is 1. The third kappa shape index (κ3) is 7.23. The highest BCUT2D eigenvalue weighted by molar-refractivity contribution is 6.21. The van der Waals surface area contributed by atoms with Crippen molar-refractivity contribution in [3.05, 3.63) is 105 Å². The number of unbranched alkanes of at least 4 members (excludes halogenated alkanes) is 1. The van der Waals surface area contributed by atoms with Crippen LogP contribution in [0.1, 0.15) is 77.9 Å². The van der Waals surface area contributed by atoms with Gasteiger partial charge in [0, 0.05) is 60.4 Å². The summed E-state index contributed by atoms with van der Waals surface area (Å²) in [6.45, 7) is 8.37. The van der Waals surface area contributed by atoms with Crippen molar-refractivity contribution >= 4 is 28.6 Å². The first kappa shape index (κ1) is 34.7. The largest absolute Gasteiger partial charge is 0.494 e. The molecule has 3 aromatic carbocycles. The molecule has 2 aliphatic heterocycles. The van der Waals surface area contributed by atoms with E-state index in [0.29, 0.717) is 60.3 Å². The van der Waals surface area contributed by atoms with Gasteiger partial charge in [0.15, 0.2) is 5.78 Å². The van der Waals surface area contributed by atoms with E-state index in [9.17, 15) is 19.3 Å². The third-order valence-electron chi connectivity index (χ3n) is 9.52. The van der Waals surface area contributed by atoms with Gasteiger partial charge in [0.1, 0.15) is 30.3 Å². The fourth-order valence-corrected chi connectivity index (χ4v) is 6.71. The quantitative estimate of drug-likeness (QED) is 0.0836. The minimum atomic E-state index is -0.476. The highest BCUT2D eigenvalue weighted by atomic mass is 19.1. The number of rotatable bonds is 15. The van der Waals surface area contributed by atoms with E-state index < -0.39 is 5.82 Å². The number of nitro benzene ring substituents is 1. The van der Waals surface area contributed by atoms with Crippen LogP contribution in [0, 0.1) is 22.9 Å². The minimum Gasteiger partial charge on any atom is -0.494 e. The van der Waals surface area contributed by atoms with Gasteiger partial charge in [-0.25, -0.2) is 9.37 Å². The molecule has 13 heteroatoms. The van der Waals surface area contributed by atoms with Gasteiger partial charge in [-0.05, 0) is 75.1 Å². The Morgan fingerprint density at radius 1 is 1.12 bits per heavy atom. The Balaban J connectivity index is 1.02. The molecule has 1 unspecified atom stereocenters. The predicted octanol–water partition coefficient (Wildman–Crippen LogP) is 6.59. The van der Waals surface area contributed by atoms with E-state index in [0.717, 1.165) is 36.3 Å². The molecule has 1 aromatic heterocycles. The number of hydrogen-bond acceptors (Lipinski definition) is 10. The SMILES string of the molecule is CCC(C)N(CCOCCCCOc1ccc([C@H]2Nc3cc(F)cc4c3C(=NCC4=O)[C@@H]2c2ncnn2C)cc1)c1ccc([N+](=O)[O-])c(C)c1. The molecule has 6 rings (SSSR count). The van der Waals surface area contributed by atoms with Crippen molar-refractivity contribution in [1.29, 1.82) is 0 Å². The molecule has 12 nitrogen and oxygen atoms in total. The molecule has 0 amide bonds. The van der Waals surface area contributed by atoms with Crippen LogP contribution in [0.3, 0.4) is 0 Å². The van der Waals surface area contributed by atoms with Crippen molar-refractivity contribution in [2.24, 2.45) is 12.0 Å². The lowest BCUT2D eigenvalue weighted by atomic mass is 9.78. The van der Waals surface area contributed by atoms with Crippen molar-refractivity contribution < 1.29 is 23.6 Å². The lowest BCUT2D eigenvalue weighted by Crippen LogP contribution is -2.37. The molecule has 0 saturated heterocycles. The fourth-order valence-electron chi connectivity index (χ4n) is 6.71. The monoisotopic (exact) mass is 683 g/mol. The molecule has 2 aliphatic rings. The Hall–Kier alpha value is -5.17. The van der Waals surface area contributed by atoms with Crippen molar-refractivity contribution in [3.63, 3.8) is 0 Å². The van der Waals surface area contributed by atoms with Crippen LogP contribution in [0.4, 0.5) is 21.5 Å². The van der Waals surface area contributed by atoms with E-state index in [2.05, 4.69) is 39.1 Å². The van der Waals surface area contributed by atoms with Crippen molar-refractivity contribution in [3.8, 4) is 5.75 Å². The number of anilines is 2. The summed E-state index contributed by atoms with van der Waals surface area (Å²) in [5, 5.41) is 19.0. The zero-order chi connectivity index (χ0) is 35.4. The lowest BCUT2D eigenvalue weighted by molar-refractivity contribution is -0.385. The molecule has 0 spiro atoms. The first-order valence-electron chi connectivity index (χ1n) is 17.0. The van der Waals surface area contributed by atoms with Gasteiger partial charge in [-0.3, -0.25) is 24.6 Å². The van der Waals surface area contributed by atoms with Gasteiger partial charge in [-0.1, -0.05) is 19.1 Å². The molecule has 0 saturated carbocycles. The van der Waals surface area contributed by atoms with E-state index in [1.54, 1.807) is 17.7 Å². The number of nitro groups is 1. The molecule has 4 aromatic rings. The van der Waals surface area contributed by atoms with Gasteiger partial charge < -0.3 is 19.7 Å². The summed E-state index contributed by atoms with van der Waals surface area (Å²) < 4.78 is 28.3. The Labute approximate surface area is 290 Å². The van der Waals surface area contributed by atoms with Crippen LogP contribution in [0.2, 0.25) is 0 Å². The van der Waals surface area contributed by atoms with E-state index >= 15 is 0 Å². The van der Waals surface area contributed by atoms with Gasteiger partial charge in [0.25, 0.3) is 5.69 Å². The van der Waals surface area contributed by atoms with Crippen LogP contribution in [0.5, 0.6) is 5.75 Å². The topological polar surface area (TPSA) is 137 Å². The van der Waals surface area contributed by atoms with E-state index in [-0.39, 0.29) is 40.9 Å². The smallest absolute Gasteiger partial charge is 0.272 e. The molecule has 0 aliphatic carbocycles. The number of nitrogens with one attached hydrogen (secondary N) is 1. The number of ketones is 1. The second-order valence-electron chi connectivity index (χ2n) is 12.8. The number of Topliss-reactive ketones (excluding diaryl/α,β-unsaturated/α-hetero) is 1. The second-order valence-corrected chi connectivity index (χ2v) is 12.8. The zero-order valence-corrected chi connectivity index (χ0v) is 28.8. The van der Waals surface area contributed by atoms with E-state index in [1.165, 1.54) is 18.5 Å². The standard InChI is InChI=1S/C37H42FN7O5/c1-5-24(3)44(27-10-13-31(45(47)48)23(2)18-27)14-17-49-15-6-7-16-50-28-11-8-25(9-12-28)35-34(37-40-22-41-43(37)4)36-33-29(32(46)21-39-36)19-26(38)20-30(33)42-35/h8-13,18-20,22,24,34-35,42H,5-7,14-17,21H2,1-4H3/t24?,34-,35-/m1/s1. The first-order chi connectivity index (χ1) is 24.2. The lowest BCUT2D eigenvalue weighted by Gasteiger charge is -2.37. The third-order valence-corrected chi connectivity index (χ3v) is 9.52. The summed E-state index contributed by atoms with van der Waals surface area (Å²) in [4.78, 5) is 35.0. The molecule has 262 valence electrons. The number of halogens is 1. The maximum atomic E-state index is 14.6. The summed E-state index contributed by atoms with van der Waals surface area (Å²) in [6, 6.07) is 15.7. The molecular weight excluding hydrogens is 641 g/mol. The van der Waals surface area contributed by atoms with Crippen LogP contribution in [-0.2, 0) is 11.8 Å². The van der Waals surface area contributed by atoms with Crippen molar-refractivity contribution in [1.82, 2.24) is 14.8 Å². The number of benzene rings is 3. The first-order valence-corrected chi connectivity index (χ1v) is 17.0. The Kier molecular flexibility index (Phi) is 10.5. The number of carbonyl (C=O) groups is 1. The van der Waals surface area contributed by atoms with Gasteiger partial charge in [0.05, 0.1) is 35.8 Å². The van der Waals surface area contributed by atoms with Gasteiger partial charge in [-0.15, -0.1) is 0 Å². The average molecular weight is 684 g/mol. The number of nitrogens with zero attached hydrogens (tertiary/aromatic N) is 6. The number of ether oxygens (including phenoxy) is 2. The van der Waals surface area contributed by atoms with Gasteiger partial charge >= 0.3 is 0 Å². The molecule has 3 heterocycles. The number of carbonyl (C=O) groups excluding carboxylic acids is 1.